The van der Waals surface area contributed by atoms with E-state index in [9.17, 15) is 19.5 Å². The summed E-state index contributed by atoms with van der Waals surface area (Å²) in [5.41, 5.74) is 1.30. The number of nitrogens with one attached hydrogen (secondary N) is 2. The molecule has 3 heterocycles. The summed E-state index contributed by atoms with van der Waals surface area (Å²) in [4.78, 5) is 44.1. The summed E-state index contributed by atoms with van der Waals surface area (Å²) in [5.74, 6) is -1.54. The van der Waals surface area contributed by atoms with Crippen LogP contribution in [-0.2, 0) is 19.1 Å². The van der Waals surface area contributed by atoms with Gasteiger partial charge >= 0.3 is 0 Å². The highest BCUT2D eigenvalue weighted by atomic mass is 16.5. The normalized spacial score (nSPS) is 27.7. The largest absolute Gasteiger partial charge is 0.494 e. The van der Waals surface area contributed by atoms with Gasteiger partial charge < -0.3 is 30.1 Å². The molecule has 3 aliphatic heterocycles. The zero-order valence-electron chi connectivity index (χ0n) is 25.1. The lowest BCUT2D eigenvalue weighted by Gasteiger charge is -2.34. The van der Waals surface area contributed by atoms with Gasteiger partial charge in [-0.1, -0.05) is 25.1 Å². The molecule has 2 aromatic carbocycles. The van der Waals surface area contributed by atoms with Gasteiger partial charge in [0.2, 0.25) is 17.7 Å². The number of ether oxygens (including phenoxy) is 2. The number of rotatable bonds is 12. The smallest absolute Gasteiger partial charge is 0.250 e. The third-order valence-corrected chi connectivity index (χ3v) is 9.43. The molecule has 9 heteroatoms. The van der Waals surface area contributed by atoms with Crippen LogP contribution in [0.3, 0.4) is 0 Å². The number of fused-ring (bicyclic) bond motifs is 1. The molecule has 0 aromatic heterocycles. The van der Waals surface area contributed by atoms with Gasteiger partial charge in [-0.2, -0.15) is 0 Å². The van der Waals surface area contributed by atoms with Crippen LogP contribution < -0.4 is 15.4 Å². The average molecular weight is 578 g/mol. The van der Waals surface area contributed by atoms with Gasteiger partial charge in [-0.3, -0.25) is 14.4 Å². The molecule has 3 saturated heterocycles. The maximum absolute atomic E-state index is 14.3. The van der Waals surface area contributed by atoms with Crippen LogP contribution in [0, 0.1) is 25.7 Å². The molecule has 0 aliphatic carbocycles. The van der Waals surface area contributed by atoms with Crippen molar-refractivity contribution in [2.45, 2.75) is 83.5 Å². The number of aliphatic hydroxyl groups excluding tert-OH is 1. The highest BCUT2D eigenvalue weighted by molar-refractivity contribution is 6.05. The number of nitrogens with zero attached hydrogens (tertiary/aromatic N) is 1. The minimum atomic E-state index is -1.09. The number of unbranched alkanes of at least 4 members (excludes halogenated alkanes) is 2. The van der Waals surface area contributed by atoms with Crippen molar-refractivity contribution < 1.29 is 29.0 Å². The van der Waals surface area contributed by atoms with E-state index in [-0.39, 0.29) is 24.3 Å². The van der Waals surface area contributed by atoms with Gasteiger partial charge in [0.25, 0.3) is 0 Å². The molecule has 226 valence electrons. The highest BCUT2D eigenvalue weighted by Crippen LogP contribution is 2.64. The van der Waals surface area contributed by atoms with Gasteiger partial charge in [-0.05, 0) is 94.7 Å². The summed E-state index contributed by atoms with van der Waals surface area (Å²) < 4.78 is 12.4. The molecule has 5 atom stereocenters. The van der Waals surface area contributed by atoms with Crippen molar-refractivity contribution in [3.63, 3.8) is 0 Å². The van der Waals surface area contributed by atoms with Crippen LogP contribution in [0.15, 0.2) is 42.5 Å². The second-order valence-corrected chi connectivity index (χ2v) is 11.9. The Morgan fingerprint density at radius 3 is 2.36 bits per heavy atom. The Morgan fingerprint density at radius 1 is 1.00 bits per heavy atom. The molecule has 3 amide bonds. The first kappa shape index (κ1) is 30.0. The number of anilines is 2. The minimum absolute atomic E-state index is 0.0763. The zero-order chi connectivity index (χ0) is 30.1. The monoisotopic (exact) mass is 577 g/mol. The van der Waals surface area contributed by atoms with Crippen molar-refractivity contribution in [3.05, 3.63) is 53.6 Å². The van der Waals surface area contributed by atoms with E-state index in [1.165, 1.54) is 0 Å². The van der Waals surface area contributed by atoms with Crippen molar-refractivity contribution in [1.29, 1.82) is 0 Å². The quantitative estimate of drug-likeness (QED) is 0.318. The number of benzene rings is 2. The molecule has 3 N–H and O–H groups in total. The fourth-order valence-electron chi connectivity index (χ4n) is 7.45. The molecule has 2 unspecified atom stereocenters. The average Bonchev–Trinajstić information content (AvgIpc) is 3.58. The van der Waals surface area contributed by atoms with Crippen molar-refractivity contribution in [2.24, 2.45) is 11.8 Å². The van der Waals surface area contributed by atoms with Crippen LogP contribution in [0.25, 0.3) is 0 Å². The summed E-state index contributed by atoms with van der Waals surface area (Å²) in [7, 11) is 0. The zero-order valence-corrected chi connectivity index (χ0v) is 25.1. The Labute approximate surface area is 248 Å². The van der Waals surface area contributed by atoms with E-state index in [1.54, 1.807) is 29.2 Å². The first-order chi connectivity index (χ1) is 20.2. The first-order valence-corrected chi connectivity index (χ1v) is 15.2. The maximum Gasteiger partial charge on any atom is 0.250 e. The van der Waals surface area contributed by atoms with E-state index in [2.05, 4.69) is 10.6 Å². The van der Waals surface area contributed by atoms with Crippen molar-refractivity contribution in [3.8, 4) is 5.75 Å². The summed E-state index contributed by atoms with van der Waals surface area (Å²) in [6.45, 7) is 8.77. The van der Waals surface area contributed by atoms with Crippen LogP contribution in [-0.4, -0.2) is 64.7 Å². The first-order valence-electron chi connectivity index (χ1n) is 15.2. The Bertz CT molecular complexity index is 1310. The SMILES string of the molecule is CCOc1ccc(NC(=O)[C@@H]2[C@H]3C(=O)N(CCCCCO)C(C(=O)Nc4c(C)cccc4C)C34CC[C@@]2(CC)O4)cc1. The number of aryl methyl sites for hydroxylation is 2. The number of amides is 3. The molecule has 9 nitrogen and oxygen atoms in total. The van der Waals surface area contributed by atoms with E-state index in [1.807, 2.05) is 45.9 Å². The third kappa shape index (κ3) is 5.07. The second-order valence-electron chi connectivity index (χ2n) is 11.9. The van der Waals surface area contributed by atoms with Crippen LogP contribution in [0.4, 0.5) is 11.4 Å². The van der Waals surface area contributed by atoms with E-state index >= 15 is 0 Å². The van der Waals surface area contributed by atoms with Crippen LogP contribution >= 0.6 is 0 Å². The maximum atomic E-state index is 14.3. The van der Waals surface area contributed by atoms with Gasteiger partial charge in [0.1, 0.15) is 17.4 Å². The predicted molar refractivity (Wildman–Crippen MR) is 160 cm³/mol. The topological polar surface area (TPSA) is 117 Å². The van der Waals surface area contributed by atoms with Gasteiger partial charge in [-0.15, -0.1) is 0 Å². The van der Waals surface area contributed by atoms with Crippen molar-refractivity contribution in [2.75, 3.05) is 30.4 Å². The second kappa shape index (κ2) is 12.1. The number of hydrogen-bond donors (Lipinski definition) is 3. The number of likely N-dealkylation sites (tertiary alicyclic amines) is 1. The predicted octanol–water partition coefficient (Wildman–Crippen LogP) is 4.60. The molecular weight excluding hydrogens is 534 g/mol. The van der Waals surface area contributed by atoms with Gasteiger partial charge in [-0.25, -0.2) is 0 Å². The Hall–Kier alpha value is -3.43. The Balaban J connectivity index is 1.48. The number of hydrogen-bond acceptors (Lipinski definition) is 6. The lowest BCUT2D eigenvalue weighted by Crippen LogP contribution is -2.53. The Morgan fingerprint density at radius 2 is 1.71 bits per heavy atom. The van der Waals surface area contributed by atoms with Gasteiger partial charge in [0.05, 0.1) is 24.0 Å². The molecule has 42 heavy (non-hydrogen) atoms. The molecule has 2 aromatic rings. The molecule has 3 aliphatic rings. The van der Waals surface area contributed by atoms with Crippen molar-refractivity contribution >= 4 is 29.1 Å². The fraction of sp³-hybridized carbons (Fsp3) is 0.545. The Kier molecular flexibility index (Phi) is 8.62. The molecule has 5 rings (SSSR count). The van der Waals surface area contributed by atoms with E-state index < -0.39 is 29.1 Å². The minimum Gasteiger partial charge on any atom is -0.494 e. The molecular formula is C33H43N3O6. The van der Waals surface area contributed by atoms with E-state index in [0.717, 1.165) is 23.2 Å². The highest BCUT2D eigenvalue weighted by Gasteiger charge is 2.78. The molecule has 0 saturated carbocycles. The summed E-state index contributed by atoms with van der Waals surface area (Å²) >= 11 is 0. The molecule has 3 fully saturated rings. The molecule has 0 radical (unpaired) electrons. The summed E-state index contributed by atoms with van der Waals surface area (Å²) in [5, 5.41) is 15.4. The fourth-order valence-corrected chi connectivity index (χ4v) is 7.45. The summed E-state index contributed by atoms with van der Waals surface area (Å²) in [6, 6.07) is 12.2. The van der Waals surface area contributed by atoms with E-state index in [0.29, 0.717) is 56.7 Å². The van der Waals surface area contributed by atoms with Crippen molar-refractivity contribution in [1.82, 2.24) is 4.90 Å². The molecule has 2 bridgehead atoms. The standard InChI is InChI=1S/C33H43N3O6/c1-5-32-17-18-33(42-32)26(25(32)29(38)34-23-13-15-24(16-14-23)41-6-2)31(40)36(19-8-7-9-20-37)28(33)30(39)35-27-21(3)11-10-12-22(27)4/h10-16,25-26,28,37H,5-9,17-20H2,1-4H3,(H,34,38)(H,35,39)/t25-,26-,28?,32+,33?/m0/s1. The third-order valence-electron chi connectivity index (χ3n) is 9.43. The number of para-hydroxylation sites is 1. The van der Waals surface area contributed by atoms with Crippen LogP contribution in [0.5, 0.6) is 5.75 Å². The lowest BCUT2D eigenvalue weighted by atomic mass is 9.65. The number of carbonyl (C=O) groups is 3. The number of aliphatic hydroxyl groups is 1. The van der Waals surface area contributed by atoms with Gasteiger partial charge in [0.15, 0.2) is 0 Å². The molecule has 1 spiro atoms. The number of carbonyl (C=O) groups excluding carboxylic acids is 3. The summed E-state index contributed by atoms with van der Waals surface area (Å²) in [6.07, 6.45) is 3.68. The van der Waals surface area contributed by atoms with Crippen LogP contribution in [0.2, 0.25) is 0 Å². The lowest BCUT2D eigenvalue weighted by molar-refractivity contribution is -0.144. The van der Waals surface area contributed by atoms with E-state index in [4.69, 9.17) is 9.47 Å². The van der Waals surface area contributed by atoms with Gasteiger partial charge in [0, 0.05) is 24.5 Å². The van der Waals surface area contributed by atoms with Crippen LogP contribution in [0.1, 0.15) is 63.5 Å².